The quantitative estimate of drug-likeness (QED) is 0.798. The van der Waals surface area contributed by atoms with Crippen molar-refractivity contribution in [1.29, 1.82) is 0 Å². The van der Waals surface area contributed by atoms with Crippen LogP contribution in [0, 0.1) is 6.92 Å². The molecule has 0 atom stereocenters. The number of aryl methyl sites for hydroxylation is 1. The summed E-state index contributed by atoms with van der Waals surface area (Å²) >= 11 is 0. The summed E-state index contributed by atoms with van der Waals surface area (Å²) in [6.45, 7) is 3.71. The molecule has 0 saturated heterocycles. The Morgan fingerprint density at radius 3 is 2.38 bits per heavy atom. The molecule has 1 heterocycles. The molecule has 1 aliphatic rings. The molecule has 0 fully saturated rings. The second-order valence-corrected chi connectivity index (χ2v) is 5.54. The Balaban J connectivity index is 2.04. The van der Waals surface area contributed by atoms with E-state index in [9.17, 15) is 4.79 Å². The highest BCUT2D eigenvalue weighted by atomic mass is 16.2. The highest BCUT2D eigenvalue weighted by Crippen LogP contribution is 2.32. The van der Waals surface area contributed by atoms with Gasteiger partial charge in [0.1, 0.15) is 0 Å². The minimum absolute atomic E-state index is 0.0934. The van der Waals surface area contributed by atoms with Gasteiger partial charge in [0, 0.05) is 25.7 Å². The Bertz CT molecular complexity index is 666. The van der Waals surface area contributed by atoms with Gasteiger partial charge in [0.05, 0.1) is 11.4 Å². The van der Waals surface area contributed by atoms with Gasteiger partial charge in [-0.05, 0) is 37.1 Å². The molecular weight excluding hydrogens is 260 g/mol. The summed E-state index contributed by atoms with van der Waals surface area (Å²) in [5, 5.41) is 0. The van der Waals surface area contributed by atoms with Gasteiger partial charge in [-0.3, -0.25) is 4.79 Å². The topological polar surface area (TPSA) is 23.6 Å². The molecule has 0 unspecified atom stereocenters. The summed E-state index contributed by atoms with van der Waals surface area (Å²) in [6, 6.07) is 15.9. The zero-order chi connectivity index (χ0) is 14.8. The first-order valence-corrected chi connectivity index (χ1v) is 7.36. The molecule has 0 saturated carbocycles. The largest absolute Gasteiger partial charge is 0.373 e. The lowest BCUT2D eigenvalue weighted by molar-refractivity contribution is 0.0986. The second kappa shape index (κ2) is 5.60. The number of benzene rings is 2. The lowest BCUT2D eigenvalue weighted by Crippen LogP contribution is -2.32. The Kier molecular flexibility index (Phi) is 3.65. The van der Waals surface area contributed by atoms with Gasteiger partial charge in [0.15, 0.2) is 0 Å². The van der Waals surface area contributed by atoms with Crippen LogP contribution in [0.15, 0.2) is 48.5 Å². The lowest BCUT2D eigenvalue weighted by atomic mass is 10.1. The molecule has 0 aromatic heterocycles. The predicted molar refractivity (Wildman–Crippen MR) is 87.2 cm³/mol. The van der Waals surface area contributed by atoms with Gasteiger partial charge in [0.2, 0.25) is 0 Å². The third-order valence-corrected chi connectivity index (χ3v) is 4.08. The summed E-state index contributed by atoms with van der Waals surface area (Å²) in [5.74, 6) is 0.0934. The Morgan fingerprint density at radius 1 is 0.952 bits per heavy atom. The maximum Gasteiger partial charge on any atom is 0.258 e. The fourth-order valence-electron chi connectivity index (χ4n) is 2.89. The highest BCUT2D eigenvalue weighted by Gasteiger charge is 2.24. The van der Waals surface area contributed by atoms with E-state index in [0.717, 1.165) is 42.0 Å². The summed E-state index contributed by atoms with van der Waals surface area (Å²) in [7, 11) is 2.08. The maximum atomic E-state index is 13.0. The molecule has 1 aliphatic heterocycles. The van der Waals surface area contributed by atoms with Crippen LogP contribution in [0.5, 0.6) is 0 Å². The summed E-state index contributed by atoms with van der Waals surface area (Å²) in [4.78, 5) is 17.1. The molecule has 0 spiro atoms. The Hall–Kier alpha value is -2.29. The number of nitrogens with zero attached hydrogens (tertiary/aromatic N) is 2. The van der Waals surface area contributed by atoms with Crippen molar-refractivity contribution in [3.05, 3.63) is 59.7 Å². The number of carbonyl (C=O) groups excluding carboxylic acids is 1. The maximum absolute atomic E-state index is 13.0. The van der Waals surface area contributed by atoms with E-state index in [1.165, 1.54) is 0 Å². The van der Waals surface area contributed by atoms with Crippen LogP contribution in [-0.2, 0) is 0 Å². The number of anilines is 2. The van der Waals surface area contributed by atoms with E-state index < -0.39 is 0 Å². The standard InChI is InChI=1S/C18H20N2O/c1-14-8-3-4-9-15(14)18(21)20-13-7-12-19(2)16-10-5-6-11-17(16)20/h3-6,8-11H,7,12-13H2,1-2H3. The van der Waals surface area contributed by atoms with E-state index >= 15 is 0 Å². The molecule has 1 amide bonds. The number of fused-ring (bicyclic) bond motifs is 1. The van der Waals surface area contributed by atoms with Crippen LogP contribution in [-0.4, -0.2) is 26.0 Å². The Labute approximate surface area is 125 Å². The molecule has 3 nitrogen and oxygen atoms in total. The molecule has 108 valence electrons. The number of amides is 1. The minimum atomic E-state index is 0.0934. The average molecular weight is 280 g/mol. The van der Waals surface area contributed by atoms with Gasteiger partial charge in [-0.2, -0.15) is 0 Å². The van der Waals surface area contributed by atoms with Crippen molar-refractivity contribution in [2.45, 2.75) is 13.3 Å². The van der Waals surface area contributed by atoms with E-state index in [0.29, 0.717) is 0 Å². The van der Waals surface area contributed by atoms with Gasteiger partial charge in [0.25, 0.3) is 5.91 Å². The monoisotopic (exact) mass is 280 g/mol. The first kappa shape index (κ1) is 13.7. The van der Waals surface area contributed by atoms with E-state index in [4.69, 9.17) is 0 Å². The first-order valence-electron chi connectivity index (χ1n) is 7.36. The third-order valence-electron chi connectivity index (χ3n) is 4.08. The lowest BCUT2D eigenvalue weighted by Gasteiger charge is -2.24. The molecule has 3 heteroatoms. The number of hydrogen-bond donors (Lipinski definition) is 0. The van der Waals surface area contributed by atoms with Gasteiger partial charge < -0.3 is 9.80 Å². The number of para-hydroxylation sites is 2. The fourth-order valence-corrected chi connectivity index (χ4v) is 2.89. The molecule has 0 radical (unpaired) electrons. The molecule has 0 aliphatic carbocycles. The summed E-state index contributed by atoms with van der Waals surface area (Å²) < 4.78 is 0. The summed E-state index contributed by atoms with van der Waals surface area (Å²) in [5.41, 5.74) is 3.94. The van der Waals surface area contributed by atoms with Crippen LogP contribution < -0.4 is 9.80 Å². The van der Waals surface area contributed by atoms with Crippen LogP contribution in [0.4, 0.5) is 11.4 Å². The highest BCUT2D eigenvalue weighted by molar-refractivity contribution is 6.08. The van der Waals surface area contributed by atoms with Crippen molar-refractivity contribution in [3.63, 3.8) is 0 Å². The van der Waals surface area contributed by atoms with E-state index in [2.05, 4.69) is 18.0 Å². The molecule has 2 aromatic carbocycles. The van der Waals surface area contributed by atoms with Gasteiger partial charge in [-0.15, -0.1) is 0 Å². The molecular formula is C18H20N2O. The van der Waals surface area contributed by atoms with Crippen LogP contribution in [0.3, 0.4) is 0 Å². The predicted octanol–water partition coefficient (Wildman–Crippen LogP) is 3.48. The number of carbonyl (C=O) groups is 1. The van der Waals surface area contributed by atoms with Crippen LogP contribution in [0.25, 0.3) is 0 Å². The van der Waals surface area contributed by atoms with E-state index in [-0.39, 0.29) is 5.91 Å². The molecule has 2 aromatic rings. The first-order chi connectivity index (χ1) is 10.2. The van der Waals surface area contributed by atoms with Gasteiger partial charge in [-0.1, -0.05) is 30.3 Å². The average Bonchev–Trinajstić information content (AvgIpc) is 2.67. The zero-order valence-corrected chi connectivity index (χ0v) is 12.5. The number of rotatable bonds is 1. The zero-order valence-electron chi connectivity index (χ0n) is 12.5. The van der Waals surface area contributed by atoms with Gasteiger partial charge in [-0.25, -0.2) is 0 Å². The fraction of sp³-hybridized carbons (Fsp3) is 0.278. The molecule has 0 N–H and O–H groups in total. The van der Waals surface area contributed by atoms with Crippen molar-refractivity contribution in [3.8, 4) is 0 Å². The van der Waals surface area contributed by atoms with Crippen molar-refractivity contribution < 1.29 is 4.79 Å². The Morgan fingerprint density at radius 2 is 1.62 bits per heavy atom. The van der Waals surface area contributed by atoms with E-state index in [1.54, 1.807) is 0 Å². The smallest absolute Gasteiger partial charge is 0.258 e. The van der Waals surface area contributed by atoms with Gasteiger partial charge >= 0.3 is 0 Å². The van der Waals surface area contributed by atoms with Crippen LogP contribution in [0.1, 0.15) is 22.3 Å². The van der Waals surface area contributed by atoms with Crippen molar-refractivity contribution in [2.24, 2.45) is 0 Å². The normalized spacial score (nSPS) is 14.6. The number of hydrogen-bond acceptors (Lipinski definition) is 2. The molecule has 21 heavy (non-hydrogen) atoms. The van der Waals surface area contributed by atoms with Crippen LogP contribution >= 0.6 is 0 Å². The van der Waals surface area contributed by atoms with Crippen molar-refractivity contribution in [1.82, 2.24) is 0 Å². The minimum Gasteiger partial charge on any atom is -0.373 e. The third kappa shape index (κ3) is 2.51. The summed E-state index contributed by atoms with van der Waals surface area (Å²) in [6.07, 6.45) is 0.975. The van der Waals surface area contributed by atoms with Crippen LogP contribution in [0.2, 0.25) is 0 Å². The molecule has 3 rings (SSSR count). The van der Waals surface area contributed by atoms with Crippen molar-refractivity contribution >= 4 is 17.3 Å². The molecule has 0 bridgehead atoms. The van der Waals surface area contributed by atoms with Crippen molar-refractivity contribution in [2.75, 3.05) is 29.9 Å². The van der Waals surface area contributed by atoms with E-state index in [1.807, 2.05) is 54.3 Å². The SMILES string of the molecule is Cc1ccccc1C(=O)N1CCCN(C)c2ccccc21. The second-order valence-electron chi connectivity index (χ2n) is 5.54.